The van der Waals surface area contributed by atoms with Gasteiger partial charge in [-0.3, -0.25) is 14.6 Å². The van der Waals surface area contributed by atoms with Crippen LogP contribution in [0.15, 0.2) is 63.3 Å². The number of anilines is 1. The van der Waals surface area contributed by atoms with E-state index in [0.29, 0.717) is 29.9 Å². The first-order valence-electron chi connectivity index (χ1n) is 10.1. The van der Waals surface area contributed by atoms with Crippen molar-refractivity contribution >= 4 is 23.2 Å². The molecule has 2 heterocycles. The number of allylic oxidation sites excluding steroid dienone is 2. The molecule has 0 amide bonds. The second-order valence-electron chi connectivity index (χ2n) is 8.12. The maximum absolute atomic E-state index is 13.3. The van der Waals surface area contributed by atoms with Gasteiger partial charge in [0, 0.05) is 43.2 Å². The highest BCUT2D eigenvalue weighted by Gasteiger charge is 2.45. The molecule has 0 radical (unpaired) electrons. The maximum atomic E-state index is 13.3. The zero-order valence-corrected chi connectivity index (χ0v) is 17.7. The van der Waals surface area contributed by atoms with Crippen LogP contribution in [-0.4, -0.2) is 38.7 Å². The third-order valence-electron chi connectivity index (χ3n) is 6.07. The second kappa shape index (κ2) is 7.94. The lowest BCUT2D eigenvalue weighted by Gasteiger charge is -2.35. The van der Waals surface area contributed by atoms with Crippen molar-refractivity contribution in [3.63, 3.8) is 0 Å². The van der Waals surface area contributed by atoms with Crippen molar-refractivity contribution in [3.8, 4) is 0 Å². The molecular formula is C24H26N2O4. The van der Waals surface area contributed by atoms with Crippen LogP contribution in [0.3, 0.4) is 0 Å². The van der Waals surface area contributed by atoms with Crippen molar-refractivity contribution in [2.24, 2.45) is 10.9 Å². The number of furan rings is 1. The van der Waals surface area contributed by atoms with E-state index in [1.54, 1.807) is 12.3 Å². The van der Waals surface area contributed by atoms with E-state index in [1.807, 2.05) is 32.0 Å². The third kappa shape index (κ3) is 3.47. The zero-order valence-electron chi connectivity index (χ0n) is 17.7. The summed E-state index contributed by atoms with van der Waals surface area (Å²) in [6.07, 6.45) is 2.61. The average molecular weight is 406 g/mol. The molecule has 6 nitrogen and oxygen atoms in total. The van der Waals surface area contributed by atoms with Gasteiger partial charge >= 0.3 is 5.97 Å². The Bertz CT molecular complexity index is 1020. The third-order valence-corrected chi connectivity index (χ3v) is 6.07. The van der Waals surface area contributed by atoms with Crippen LogP contribution in [0.5, 0.6) is 0 Å². The number of hydrogen-bond donors (Lipinski definition) is 0. The van der Waals surface area contributed by atoms with Gasteiger partial charge in [-0.1, -0.05) is 12.1 Å². The largest absolute Gasteiger partial charge is 0.469 e. The lowest BCUT2D eigenvalue weighted by Crippen LogP contribution is -2.37. The zero-order chi connectivity index (χ0) is 21.4. The highest BCUT2D eigenvalue weighted by molar-refractivity contribution is 6.08. The molecule has 0 saturated carbocycles. The van der Waals surface area contributed by atoms with E-state index in [1.165, 1.54) is 7.11 Å². The van der Waals surface area contributed by atoms with Crippen LogP contribution in [0.1, 0.15) is 42.9 Å². The van der Waals surface area contributed by atoms with E-state index < -0.39 is 17.8 Å². The lowest BCUT2D eigenvalue weighted by atomic mass is 9.71. The number of ketones is 1. The Hall–Kier alpha value is -3.15. The number of aliphatic imine (C=N–C) groups is 1. The number of esters is 1. The van der Waals surface area contributed by atoms with Gasteiger partial charge in [-0.2, -0.15) is 0 Å². The van der Waals surface area contributed by atoms with Gasteiger partial charge in [0.2, 0.25) is 0 Å². The Balaban J connectivity index is 1.73. The first-order chi connectivity index (χ1) is 14.4. The molecule has 2 aliphatic rings. The summed E-state index contributed by atoms with van der Waals surface area (Å²) in [4.78, 5) is 32.6. The number of carbonyl (C=O) groups is 2. The molecule has 0 spiro atoms. The fraction of sp³-hybridized carbons (Fsp3) is 0.375. The van der Waals surface area contributed by atoms with E-state index in [4.69, 9.17) is 14.1 Å². The Morgan fingerprint density at radius 1 is 1.17 bits per heavy atom. The summed E-state index contributed by atoms with van der Waals surface area (Å²) in [5.74, 6) is -0.877. The molecule has 0 fully saturated rings. The van der Waals surface area contributed by atoms with Crippen LogP contribution in [0, 0.1) is 5.92 Å². The number of nitrogens with zero attached hydrogens (tertiary/aromatic N) is 2. The Kier molecular flexibility index (Phi) is 5.33. The van der Waals surface area contributed by atoms with Crippen LogP contribution in [0.2, 0.25) is 0 Å². The first-order valence-corrected chi connectivity index (χ1v) is 10.1. The van der Waals surface area contributed by atoms with E-state index >= 15 is 0 Å². The summed E-state index contributed by atoms with van der Waals surface area (Å²) in [6.45, 7) is 1.82. The molecule has 0 saturated heterocycles. The minimum Gasteiger partial charge on any atom is -0.469 e. The minimum atomic E-state index is -0.653. The SMILES string of the molecule is COC(=O)C1C(C)=NC2=C(C(=O)C[C@H](c3ccc(N(C)C)cc3)C2)[C@H]1c1ccco1. The summed E-state index contributed by atoms with van der Waals surface area (Å²) >= 11 is 0. The van der Waals surface area contributed by atoms with Gasteiger partial charge in [-0.25, -0.2) is 0 Å². The second-order valence-corrected chi connectivity index (χ2v) is 8.12. The molecular weight excluding hydrogens is 380 g/mol. The van der Waals surface area contributed by atoms with Gasteiger partial charge in [0.05, 0.1) is 19.3 Å². The molecule has 2 aromatic rings. The van der Waals surface area contributed by atoms with Crippen molar-refractivity contribution in [1.29, 1.82) is 0 Å². The molecule has 1 unspecified atom stereocenters. The molecule has 30 heavy (non-hydrogen) atoms. The summed E-state index contributed by atoms with van der Waals surface area (Å²) in [7, 11) is 5.36. The molecule has 4 rings (SSSR count). The molecule has 3 atom stereocenters. The smallest absolute Gasteiger partial charge is 0.315 e. The van der Waals surface area contributed by atoms with Crippen LogP contribution < -0.4 is 4.90 Å². The first kappa shape index (κ1) is 20.1. The molecule has 0 N–H and O–H groups in total. The average Bonchev–Trinajstić information content (AvgIpc) is 3.26. The van der Waals surface area contributed by atoms with Crippen LogP contribution in [-0.2, 0) is 14.3 Å². The van der Waals surface area contributed by atoms with Gasteiger partial charge in [-0.15, -0.1) is 0 Å². The number of methoxy groups -OCH3 is 1. The number of Topliss-reactive ketones (excluding diaryl/α,β-unsaturated/α-hetero) is 1. The summed E-state index contributed by atoms with van der Waals surface area (Å²) in [6, 6.07) is 11.9. The van der Waals surface area contributed by atoms with Crippen LogP contribution in [0.4, 0.5) is 5.69 Å². The van der Waals surface area contributed by atoms with Gasteiger partial charge in [0.25, 0.3) is 0 Å². The number of carbonyl (C=O) groups excluding carboxylic acids is 2. The van der Waals surface area contributed by atoms with Crippen LogP contribution in [0.25, 0.3) is 0 Å². The van der Waals surface area contributed by atoms with Gasteiger partial charge in [-0.05, 0) is 49.1 Å². The molecule has 1 aromatic heterocycles. The standard InChI is InChI=1S/C24H26N2O4/c1-14-21(24(28)29-4)23(20-6-5-11-30-20)22-18(25-14)12-16(13-19(22)27)15-7-9-17(10-8-15)26(2)3/h5-11,16,21,23H,12-13H2,1-4H3/t16-,21?,23+/m1/s1. The fourth-order valence-electron chi connectivity index (χ4n) is 4.55. The number of benzene rings is 1. The molecule has 1 aromatic carbocycles. The lowest BCUT2D eigenvalue weighted by molar-refractivity contribution is -0.143. The quantitative estimate of drug-likeness (QED) is 0.715. The van der Waals surface area contributed by atoms with Gasteiger partial charge in [0.1, 0.15) is 11.7 Å². The monoisotopic (exact) mass is 406 g/mol. The van der Waals surface area contributed by atoms with E-state index in [2.05, 4.69) is 24.3 Å². The summed E-state index contributed by atoms with van der Waals surface area (Å²) in [5.41, 5.74) is 4.24. The van der Waals surface area contributed by atoms with Crippen molar-refractivity contribution in [2.75, 3.05) is 26.1 Å². The Labute approximate surface area is 176 Å². The highest BCUT2D eigenvalue weighted by Crippen LogP contribution is 2.46. The number of hydrogen-bond acceptors (Lipinski definition) is 6. The number of rotatable bonds is 4. The van der Waals surface area contributed by atoms with E-state index in [-0.39, 0.29) is 11.7 Å². The minimum absolute atomic E-state index is 0.0180. The van der Waals surface area contributed by atoms with E-state index in [0.717, 1.165) is 16.9 Å². The maximum Gasteiger partial charge on any atom is 0.315 e. The van der Waals surface area contributed by atoms with Crippen molar-refractivity contribution in [3.05, 3.63) is 65.3 Å². The van der Waals surface area contributed by atoms with Crippen molar-refractivity contribution in [2.45, 2.75) is 31.6 Å². The predicted octanol–water partition coefficient (Wildman–Crippen LogP) is 4.09. The van der Waals surface area contributed by atoms with Gasteiger partial charge in [0.15, 0.2) is 5.78 Å². The molecule has 1 aliphatic heterocycles. The van der Waals surface area contributed by atoms with Gasteiger partial charge < -0.3 is 14.1 Å². The fourth-order valence-corrected chi connectivity index (χ4v) is 4.55. The Morgan fingerprint density at radius 2 is 1.90 bits per heavy atom. The van der Waals surface area contributed by atoms with E-state index in [9.17, 15) is 9.59 Å². The topological polar surface area (TPSA) is 72.1 Å². The highest BCUT2D eigenvalue weighted by atomic mass is 16.5. The normalized spacial score (nSPS) is 23.7. The van der Waals surface area contributed by atoms with Crippen molar-refractivity contribution in [1.82, 2.24) is 0 Å². The predicted molar refractivity (Wildman–Crippen MR) is 115 cm³/mol. The molecule has 6 heteroatoms. The molecule has 1 aliphatic carbocycles. The summed E-state index contributed by atoms with van der Waals surface area (Å²) < 4.78 is 10.7. The van der Waals surface area contributed by atoms with Crippen LogP contribution >= 0.6 is 0 Å². The molecule has 156 valence electrons. The number of ether oxygens (including phenoxy) is 1. The summed E-state index contributed by atoms with van der Waals surface area (Å²) in [5, 5.41) is 0. The van der Waals surface area contributed by atoms with Crippen molar-refractivity contribution < 1.29 is 18.7 Å². The Morgan fingerprint density at radius 3 is 2.50 bits per heavy atom. The molecule has 0 bridgehead atoms.